The number of hydrogen-bond acceptors (Lipinski definition) is 2. The number of hydrogen-bond donors (Lipinski definition) is 1. The molecule has 0 saturated heterocycles. The number of nitrogens with one attached hydrogen (secondary N) is 1. The fourth-order valence-corrected chi connectivity index (χ4v) is 4.33. The van der Waals surface area contributed by atoms with Crippen LogP contribution >= 0.6 is 0 Å². The van der Waals surface area contributed by atoms with Crippen molar-refractivity contribution in [1.82, 2.24) is 0 Å². The van der Waals surface area contributed by atoms with Gasteiger partial charge in [-0.15, -0.1) is 6.58 Å². The first-order valence-corrected chi connectivity index (χ1v) is 7.31. The fourth-order valence-electron chi connectivity index (χ4n) is 1.44. The minimum Gasteiger partial charge on any atom is -0.253 e. The topological polar surface area (TPSA) is 40.9 Å². The van der Waals surface area contributed by atoms with Crippen molar-refractivity contribution in [2.24, 2.45) is 10.8 Å². The lowest BCUT2D eigenvalue weighted by Crippen LogP contribution is -2.29. The molecule has 1 atom stereocenters. The Balaban J connectivity index is 4.66. The van der Waals surface area contributed by atoms with E-state index in [1.807, 2.05) is 13.8 Å². The van der Waals surface area contributed by atoms with Crippen LogP contribution < -0.4 is 0 Å². The Hall–Kier alpha value is -0.310. The van der Waals surface area contributed by atoms with Crippen LogP contribution in [0, 0.1) is 15.6 Å². The Morgan fingerprint density at radius 2 is 1.73 bits per heavy atom. The molecule has 2 nitrogen and oxygen atoms in total. The maximum absolute atomic E-state index is 12.2. The number of allylic oxidation sites excluding steroid dienone is 1. The molecule has 0 fully saturated rings. The van der Waals surface area contributed by atoms with E-state index in [1.54, 1.807) is 6.08 Å². The van der Waals surface area contributed by atoms with Gasteiger partial charge in [-0.2, -0.15) is 0 Å². The van der Waals surface area contributed by atoms with Gasteiger partial charge in [0.25, 0.3) is 0 Å². The first kappa shape index (κ1) is 14.7. The lowest BCUT2D eigenvalue weighted by molar-refractivity contribution is 0.400. The molecule has 0 amide bonds. The molecule has 1 unspecified atom stereocenters. The molecule has 0 aromatic carbocycles. The summed E-state index contributed by atoms with van der Waals surface area (Å²) in [4.78, 5) is 0. The quantitative estimate of drug-likeness (QED) is 0.696. The van der Waals surface area contributed by atoms with Gasteiger partial charge in [-0.3, -0.25) is 4.78 Å². The van der Waals surface area contributed by atoms with E-state index in [2.05, 4.69) is 27.4 Å². The van der Waals surface area contributed by atoms with Crippen molar-refractivity contribution in [3.8, 4) is 0 Å². The van der Waals surface area contributed by atoms with E-state index in [9.17, 15) is 4.21 Å². The van der Waals surface area contributed by atoms with Crippen LogP contribution in [0.4, 0.5) is 0 Å². The Kier molecular flexibility index (Phi) is 4.59. The van der Waals surface area contributed by atoms with Gasteiger partial charge in [-0.05, 0) is 10.8 Å². The van der Waals surface area contributed by atoms with Crippen LogP contribution in [0.5, 0.6) is 0 Å². The zero-order chi connectivity index (χ0) is 12.3. The molecule has 3 heteroatoms. The van der Waals surface area contributed by atoms with Gasteiger partial charge in [-0.25, -0.2) is 4.21 Å². The molecule has 0 rings (SSSR count). The molecule has 0 spiro atoms. The van der Waals surface area contributed by atoms with Gasteiger partial charge in [0.1, 0.15) is 0 Å². The van der Waals surface area contributed by atoms with Crippen molar-refractivity contribution < 1.29 is 4.21 Å². The summed E-state index contributed by atoms with van der Waals surface area (Å²) >= 11 is 0. The van der Waals surface area contributed by atoms with E-state index >= 15 is 0 Å². The monoisotopic (exact) mass is 231 g/mol. The zero-order valence-corrected chi connectivity index (χ0v) is 11.5. The van der Waals surface area contributed by atoms with Crippen LogP contribution in [-0.2, 0) is 9.73 Å². The normalized spacial score (nSPS) is 17.1. The highest BCUT2D eigenvalue weighted by Crippen LogP contribution is 2.26. The highest BCUT2D eigenvalue weighted by Gasteiger charge is 2.26. The standard InChI is InChI=1S/C12H25NOS/c1-7-11(3,4)9-15(13,14)10-12(5,6)8-2/h7,13H,1,8-10H2,2-6H3. The Morgan fingerprint density at radius 1 is 1.27 bits per heavy atom. The summed E-state index contributed by atoms with van der Waals surface area (Å²) in [7, 11) is -2.49. The SMILES string of the molecule is C=CC(C)(C)CS(=N)(=O)CC(C)(C)CC. The molecule has 0 radical (unpaired) electrons. The average molecular weight is 231 g/mol. The van der Waals surface area contributed by atoms with Crippen molar-refractivity contribution in [3.63, 3.8) is 0 Å². The highest BCUT2D eigenvalue weighted by atomic mass is 32.2. The summed E-state index contributed by atoms with van der Waals surface area (Å²) in [5.41, 5.74) is -0.210. The van der Waals surface area contributed by atoms with Crippen LogP contribution in [0.2, 0.25) is 0 Å². The van der Waals surface area contributed by atoms with Gasteiger partial charge in [-0.1, -0.05) is 47.1 Å². The molecule has 0 aromatic heterocycles. The fraction of sp³-hybridized carbons (Fsp3) is 0.833. The largest absolute Gasteiger partial charge is 0.253 e. The first-order valence-electron chi connectivity index (χ1n) is 5.41. The molecular weight excluding hydrogens is 206 g/mol. The van der Waals surface area contributed by atoms with E-state index in [0.717, 1.165) is 6.42 Å². The molecule has 0 bridgehead atoms. The van der Waals surface area contributed by atoms with Crippen LogP contribution in [0.25, 0.3) is 0 Å². The molecule has 0 aliphatic heterocycles. The Bertz CT molecular complexity index is 313. The third kappa shape index (κ3) is 5.98. The van der Waals surface area contributed by atoms with E-state index in [4.69, 9.17) is 4.78 Å². The second kappa shape index (κ2) is 4.69. The lowest BCUT2D eigenvalue weighted by Gasteiger charge is -2.27. The van der Waals surface area contributed by atoms with Gasteiger partial charge < -0.3 is 0 Å². The summed E-state index contributed by atoms with van der Waals surface area (Å²) in [6, 6.07) is 0. The van der Waals surface area contributed by atoms with Crippen molar-refractivity contribution >= 4 is 9.73 Å². The number of rotatable bonds is 6. The highest BCUT2D eigenvalue weighted by molar-refractivity contribution is 7.92. The van der Waals surface area contributed by atoms with Gasteiger partial charge in [0.05, 0.1) is 0 Å². The molecule has 0 saturated carbocycles. The molecule has 90 valence electrons. The Labute approximate surface area is 95.1 Å². The molecule has 1 N–H and O–H groups in total. The van der Waals surface area contributed by atoms with Crippen molar-refractivity contribution in [2.45, 2.75) is 41.0 Å². The average Bonchev–Trinajstić information content (AvgIpc) is 2.00. The van der Waals surface area contributed by atoms with Gasteiger partial charge in [0, 0.05) is 21.2 Å². The summed E-state index contributed by atoms with van der Waals surface area (Å²) < 4.78 is 20.1. The second-order valence-electron chi connectivity index (χ2n) is 5.81. The first-order chi connectivity index (χ1) is 6.54. The molecule has 15 heavy (non-hydrogen) atoms. The molecule has 0 aromatic rings. The predicted octanol–water partition coefficient (Wildman–Crippen LogP) is 3.68. The van der Waals surface area contributed by atoms with Gasteiger partial charge in [0.15, 0.2) is 0 Å². The van der Waals surface area contributed by atoms with Gasteiger partial charge >= 0.3 is 0 Å². The summed E-state index contributed by atoms with van der Waals surface area (Å²) in [5.74, 6) is 0.890. The zero-order valence-electron chi connectivity index (χ0n) is 10.7. The summed E-state index contributed by atoms with van der Waals surface area (Å²) in [6.07, 6.45) is 2.75. The van der Waals surface area contributed by atoms with Crippen LogP contribution in [0.1, 0.15) is 41.0 Å². The maximum Gasteiger partial charge on any atom is 0.0455 e. The molecular formula is C12H25NOS. The summed E-state index contributed by atoms with van der Waals surface area (Å²) in [5, 5.41) is 0. The lowest BCUT2D eigenvalue weighted by atomic mass is 9.93. The van der Waals surface area contributed by atoms with Crippen molar-refractivity contribution in [3.05, 3.63) is 12.7 Å². The predicted molar refractivity (Wildman–Crippen MR) is 68.6 cm³/mol. The van der Waals surface area contributed by atoms with Crippen LogP contribution in [0.3, 0.4) is 0 Å². The molecule has 0 aliphatic rings. The van der Waals surface area contributed by atoms with Gasteiger partial charge in [0.2, 0.25) is 0 Å². The second-order valence-corrected chi connectivity index (χ2v) is 8.01. The smallest absolute Gasteiger partial charge is 0.0455 e. The van der Waals surface area contributed by atoms with E-state index in [0.29, 0.717) is 11.5 Å². The van der Waals surface area contributed by atoms with Crippen molar-refractivity contribution in [1.29, 1.82) is 4.78 Å². The van der Waals surface area contributed by atoms with Crippen molar-refractivity contribution in [2.75, 3.05) is 11.5 Å². The molecule has 0 heterocycles. The summed E-state index contributed by atoms with van der Waals surface area (Å²) in [6.45, 7) is 13.9. The van der Waals surface area contributed by atoms with E-state index in [-0.39, 0.29) is 10.8 Å². The minimum absolute atomic E-state index is 0.00389. The third-order valence-electron chi connectivity index (χ3n) is 2.74. The van der Waals surface area contributed by atoms with E-state index < -0.39 is 9.73 Å². The molecule has 0 aliphatic carbocycles. The minimum atomic E-state index is -2.49. The maximum atomic E-state index is 12.2. The van der Waals surface area contributed by atoms with Crippen LogP contribution in [-0.4, -0.2) is 15.7 Å². The third-order valence-corrected chi connectivity index (χ3v) is 5.20. The van der Waals surface area contributed by atoms with Crippen LogP contribution in [0.15, 0.2) is 12.7 Å². The Morgan fingerprint density at radius 3 is 2.07 bits per heavy atom. The van der Waals surface area contributed by atoms with E-state index in [1.165, 1.54) is 0 Å².